The quantitative estimate of drug-likeness (QED) is 0.488. The zero-order valence-corrected chi connectivity index (χ0v) is 15.9. The maximum Gasteiger partial charge on any atom is 0.157 e. The molecule has 0 amide bonds. The molecule has 0 atom stereocenters. The lowest BCUT2D eigenvalue weighted by Gasteiger charge is -2.09. The van der Waals surface area contributed by atoms with Crippen LogP contribution >= 0.6 is 0 Å². The van der Waals surface area contributed by atoms with E-state index in [1.165, 1.54) is 18.4 Å². The highest BCUT2D eigenvalue weighted by atomic mass is 16.5. The van der Waals surface area contributed by atoms with Gasteiger partial charge in [-0.05, 0) is 48.1 Å². The van der Waals surface area contributed by atoms with Gasteiger partial charge in [0.2, 0.25) is 0 Å². The molecule has 0 bridgehead atoms. The number of benzene rings is 2. The summed E-state index contributed by atoms with van der Waals surface area (Å²) in [5.74, 6) is 2.60. The first kappa shape index (κ1) is 16.9. The molecule has 2 heterocycles. The van der Waals surface area contributed by atoms with E-state index in [0.29, 0.717) is 0 Å². The van der Waals surface area contributed by atoms with E-state index in [0.717, 1.165) is 46.2 Å². The number of hydrogen-bond donors (Lipinski definition) is 1. The molecule has 0 spiro atoms. The summed E-state index contributed by atoms with van der Waals surface area (Å²) >= 11 is 0. The van der Waals surface area contributed by atoms with Crippen LogP contribution in [0.5, 0.6) is 5.75 Å². The molecule has 0 unspecified atom stereocenters. The van der Waals surface area contributed by atoms with Crippen LogP contribution in [0.3, 0.4) is 0 Å². The number of methoxy groups -OCH3 is 1. The van der Waals surface area contributed by atoms with Crippen LogP contribution in [0.4, 0.5) is 5.82 Å². The van der Waals surface area contributed by atoms with Gasteiger partial charge in [-0.15, -0.1) is 5.10 Å². The summed E-state index contributed by atoms with van der Waals surface area (Å²) in [5, 5.41) is 8.50. The molecule has 0 saturated heterocycles. The normalized spacial score (nSPS) is 13.6. The fraction of sp³-hybridized carbons (Fsp3) is 0.208. The highest BCUT2D eigenvalue weighted by Crippen LogP contribution is 2.39. The maximum absolute atomic E-state index is 5.32. The molecule has 1 N–H and O–H groups in total. The number of nitrogens with one attached hydrogen (secondary N) is 1. The van der Waals surface area contributed by atoms with Crippen LogP contribution in [0.25, 0.3) is 27.8 Å². The lowest BCUT2D eigenvalue weighted by molar-refractivity contribution is 0.415. The van der Waals surface area contributed by atoms with Gasteiger partial charge in [0.1, 0.15) is 5.75 Å². The smallest absolute Gasteiger partial charge is 0.157 e. The Morgan fingerprint density at radius 2 is 1.75 bits per heavy atom. The number of ether oxygens (including phenoxy) is 1. The molecule has 0 radical (unpaired) electrons. The molecule has 4 heteroatoms. The van der Waals surface area contributed by atoms with Crippen LogP contribution in [-0.2, 0) is 0 Å². The first-order valence-electron chi connectivity index (χ1n) is 9.78. The Kier molecular flexibility index (Phi) is 4.24. The molecule has 4 nitrogen and oxygen atoms in total. The van der Waals surface area contributed by atoms with Crippen LogP contribution in [0, 0.1) is 5.92 Å². The summed E-state index contributed by atoms with van der Waals surface area (Å²) in [6, 6.07) is 23.0. The van der Waals surface area contributed by atoms with Gasteiger partial charge in [0.15, 0.2) is 5.82 Å². The van der Waals surface area contributed by atoms with Crippen molar-refractivity contribution in [3.8, 4) is 28.0 Å². The molecule has 28 heavy (non-hydrogen) atoms. The Bertz CT molecular complexity index is 1100. The van der Waals surface area contributed by atoms with E-state index in [9.17, 15) is 0 Å². The largest absolute Gasteiger partial charge is 0.497 e. The van der Waals surface area contributed by atoms with Gasteiger partial charge in [-0.3, -0.25) is 0 Å². The third-order valence-corrected chi connectivity index (χ3v) is 5.37. The van der Waals surface area contributed by atoms with Crippen molar-refractivity contribution in [1.29, 1.82) is 0 Å². The van der Waals surface area contributed by atoms with Gasteiger partial charge in [0.05, 0.1) is 18.2 Å². The molecule has 0 aliphatic heterocycles. The third kappa shape index (κ3) is 3.11. The van der Waals surface area contributed by atoms with E-state index in [1.807, 2.05) is 22.8 Å². The summed E-state index contributed by atoms with van der Waals surface area (Å²) in [5.41, 5.74) is 5.77. The minimum Gasteiger partial charge on any atom is -0.497 e. The summed E-state index contributed by atoms with van der Waals surface area (Å²) in [6.07, 6.45) is 4.66. The summed E-state index contributed by atoms with van der Waals surface area (Å²) in [4.78, 5) is 0. The molecule has 4 aromatic rings. The maximum atomic E-state index is 5.32. The summed E-state index contributed by atoms with van der Waals surface area (Å²) < 4.78 is 7.32. The van der Waals surface area contributed by atoms with Gasteiger partial charge in [0, 0.05) is 18.3 Å². The molecule has 5 rings (SSSR count). The number of rotatable bonds is 6. The predicted molar refractivity (Wildman–Crippen MR) is 114 cm³/mol. The number of pyridine rings is 1. The minimum absolute atomic E-state index is 0.787. The molecule has 1 aliphatic carbocycles. The lowest BCUT2D eigenvalue weighted by Crippen LogP contribution is -2.04. The first-order valence-corrected chi connectivity index (χ1v) is 9.78. The molecule has 1 saturated carbocycles. The Morgan fingerprint density at radius 3 is 2.46 bits per heavy atom. The Morgan fingerprint density at radius 1 is 0.964 bits per heavy atom. The second kappa shape index (κ2) is 7.04. The van der Waals surface area contributed by atoms with Crippen molar-refractivity contribution in [2.24, 2.45) is 5.92 Å². The minimum atomic E-state index is 0.787. The highest BCUT2D eigenvalue weighted by Gasteiger charge is 2.23. The number of fused-ring (bicyclic) bond motifs is 1. The van der Waals surface area contributed by atoms with Crippen molar-refractivity contribution in [1.82, 2.24) is 9.61 Å². The van der Waals surface area contributed by atoms with Crippen molar-refractivity contribution in [3.63, 3.8) is 0 Å². The van der Waals surface area contributed by atoms with Gasteiger partial charge in [0.25, 0.3) is 0 Å². The molecular formula is C24H23N3O. The molecule has 2 aromatic carbocycles. The monoisotopic (exact) mass is 369 g/mol. The van der Waals surface area contributed by atoms with Crippen LogP contribution < -0.4 is 10.1 Å². The van der Waals surface area contributed by atoms with E-state index in [4.69, 9.17) is 9.84 Å². The molecule has 1 fully saturated rings. The van der Waals surface area contributed by atoms with Crippen molar-refractivity contribution < 1.29 is 4.74 Å². The topological polar surface area (TPSA) is 38.6 Å². The Labute approximate surface area is 164 Å². The predicted octanol–water partition coefficient (Wildman–Crippen LogP) is 5.50. The average Bonchev–Trinajstić information content (AvgIpc) is 3.51. The van der Waals surface area contributed by atoms with E-state index >= 15 is 0 Å². The summed E-state index contributed by atoms with van der Waals surface area (Å²) in [7, 11) is 1.69. The second-order valence-corrected chi connectivity index (χ2v) is 7.36. The number of anilines is 1. The zero-order chi connectivity index (χ0) is 18.9. The highest BCUT2D eigenvalue weighted by molar-refractivity contribution is 5.98. The van der Waals surface area contributed by atoms with Crippen molar-refractivity contribution in [3.05, 3.63) is 72.9 Å². The average molecular weight is 369 g/mol. The molecule has 1 aliphatic rings. The molecule has 140 valence electrons. The van der Waals surface area contributed by atoms with Gasteiger partial charge < -0.3 is 10.1 Å². The van der Waals surface area contributed by atoms with E-state index in [2.05, 4.69) is 59.9 Å². The van der Waals surface area contributed by atoms with E-state index in [-0.39, 0.29) is 0 Å². The first-order chi connectivity index (χ1) is 13.8. The van der Waals surface area contributed by atoms with E-state index < -0.39 is 0 Å². The fourth-order valence-electron chi connectivity index (χ4n) is 3.67. The van der Waals surface area contributed by atoms with Crippen molar-refractivity contribution >= 4 is 11.3 Å². The Hall–Kier alpha value is -3.27. The lowest BCUT2D eigenvalue weighted by atomic mass is 9.99. The van der Waals surface area contributed by atoms with Gasteiger partial charge in [-0.2, -0.15) is 0 Å². The zero-order valence-electron chi connectivity index (χ0n) is 15.9. The summed E-state index contributed by atoms with van der Waals surface area (Å²) in [6.45, 7) is 0.988. The standard InChI is InChI=1S/C24H23N3O/c1-28-20-13-11-18(12-14-20)21-8-5-15-27-23(21)22(19-6-3-2-4-7-19)24(26-27)25-16-17-9-10-17/h2-8,11-15,17H,9-10,16H2,1H3,(H,25,26). The Balaban J connectivity index is 1.70. The van der Waals surface area contributed by atoms with Crippen molar-refractivity contribution in [2.75, 3.05) is 19.0 Å². The van der Waals surface area contributed by atoms with Crippen LogP contribution in [-0.4, -0.2) is 23.3 Å². The fourth-order valence-corrected chi connectivity index (χ4v) is 3.67. The number of hydrogen-bond acceptors (Lipinski definition) is 3. The molecule has 2 aromatic heterocycles. The van der Waals surface area contributed by atoms with Crippen LogP contribution in [0.15, 0.2) is 72.9 Å². The SMILES string of the molecule is COc1ccc(-c2cccn3nc(NCC4CC4)c(-c4ccccc4)c23)cc1. The van der Waals surface area contributed by atoms with Gasteiger partial charge in [-0.1, -0.05) is 48.5 Å². The third-order valence-electron chi connectivity index (χ3n) is 5.37. The number of nitrogens with zero attached hydrogens (tertiary/aromatic N) is 2. The second-order valence-electron chi connectivity index (χ2n) is 7.36. The van der Waals surface area contributed by atoms with Crippen LogP contribution in [0.2, 0.25) is 0 Å². The van der Waals surface area contributed by atoms with E-state index in [1.54, 1.807) is 7.11 Å². The van der Waals surface area contributed by atoms with Crippen LogP contribution in [0.1, 0.15) is 12.8 Å². The number of aromatic nitrogens is 2. The van der Waals surface area contributed by atoms with Gasteiger partial charge in [-0.25, -0.2) is 4.52 Å². The van der Waals surface area contributed by atoms with Crippen molar-refractivity contribution in [2.45, 2.75) is 12.8 Å². The van der Waals surface area contributed by atoms with Gasteiger partial charge >= 0.3 is 0 Å². The molecular weight excluding hydrogens is 346 g/mol.